The van der Waals surface area contributed by atoms with Crippen LogP contribution in [0.4, 0.5) is 22.0 Å². The zero-order valence-electron chi connectivity index (χ0n) is 14.4. The van der Waals surface area contributed by atoms with E-state index in [-0.39, 0.29) is 10.5 Å². The zero-order valence-corrected chi connectivity index (χ0v) is 15.2. The van der Waals surface area contributed by atoms with Crippen LogP contribution in [-0.2, 0) is 15.9 Å². The van der Waals surface area contributed by atoms with Gasteiger partial charge in [0.05, 0.1) is 20.2 Å². The molecule has 12 heteroatoms. The lowest BCUT2D eigenvalue weighted by molar-refractivity contribution is -0.159. The van der Waals surface area contributed by atoms with E-state index in [4.69, 9.17) is 0 Å². The molecule has 1 unspecified atom stereocenters. The molecule has 0 saturated heterocycles. The Morgan fingerprint density at radius 1 is 1.10 bits per heavy atom. The van der Waals surface area contributed by atoms with Gasteiger partial charge in [-0.05, 0) is 24.3 Å². The SMILES string of the molecule is CS(=O)(=NC(=O)c1ccc(-c2noc(C(F)(F)F)n2)cc1F)c1ccccc1F. The number of alkyl halides is 3. The van der Waals surface area contributed by atoms with Gasteiger partial charge in [0, 0.05) is 11.8 Å². The van der Waals surface area contributed by atoms with Crippen molar-refractivity contribution in [2.75, 3.05) is 6.26 Å². The van der Waals surface area contributed by atoms with E-state index in [1.165, 1.54) is 18.2 Å². The Morgan fingerprint density at radius 2 is 1.79 bits per heavy atom. The Bertz CT molecular complexity index is 1210. The minimum atomic E-state index is -4.87. The molecule has 2 aromatic carbocycles. The largest absolute Gasteiger partial charge is 0.471 e. The molecule has 0 saturated carbocycles. The summed E-state index contributed by atoms with van der Waals surface area (Å²) in [5.74, 6) is -5.39. The first-order valence-electron chi connectivity index (χ1n) is 7.71. The molecular formula is C17H10F5N3O3S. The third kappa shape index (κ3) is 4.31. The van der Waals surface area contributed by atoms with Crippen molar-refractivity contribution in [2.45, 2.75) is 11.1 Å². The second-order valence-electron chi connectivity index (χ2n) is 5.74. The van der Waals surface area contributed by atoms with Crippen molar-refractivity contribution in [3.63, 3.8) is 0 Å². The standard InChI is InChI=1S/C17H10F5N3O3S/c1-29(27,13-5-3-2-4-11(13)18)25-15(26)10-7-6-9(8-12(10)19)14-23-16(28-24-14)17(20,21)22/h2-8H,1H3. The Balaban J connectivity index is 1.95. The molecule has 29 heavy (non-hydrogen) atoms. The molecule has 1 aromatic heterocycles. The summed E-state index contributed by atoms with van der Waals surface area (Å²) in [7, 11) is -3.51. The number of nitrogens with zero attached hydrogens (tertiary/aromatic N) is 3. The predicted octanol–water partition coefficient (Wildman–Crippen LogP) is 4.33. The van der Waals surface area contributed by atoms with Crippen molar-refractivity contribution in [1.29, 1.82) is 0 Å². The molecule has 1 atom stereocenters. The maximum absolute atomic E-state index is 14.3. The van der Waals surface area contributed by atoms with Gasteiger partial charge in [-0.1, -0.05) is 23.4 Å². The predicted molar refractivity (Wildman–Crippen MR) is 90.2 cm³/mol. The van der Waals surface area contributed by atoms with E-state index in [0.717, 1.165) is 24.5 Å². The quantitative estimate of drug-likeness (QED) is 0.577. The molecule has 3 rings (SSSR count). The molecular weight excluding hydrogens is 421 g/mol. The van der Waals surface area contributed by atoms with Crippen molar-refractivity contribution in [2.24, 2.45) is 4.36 Å². The van der Waals surface area contributed by atoms with E-state index in [1.807, 2.05) is 0 Å². The summed E-state index contributed by atoms with van der Waals surface area (Å²) in [6.45, 7) is 0. The fraction of sp³-hybridized carbons (Fsp3) is 0.118. The highest BCUT2D eigenvalue weighted by Gasteiger charge is 2.38. The van der Waals surface area contributed by atoms with E-state index in [2.05, 4.69) is 19.0 Å². The van der Waals surface area contributed by atoms with E-state index in [9.17, 15) is 31.0 Å². The zero-order chi connectivity index (χ0) is 21.4. The molecule has 0 bridgehead atoms. The molecule has 0 aliphatic carbocycles. The van der Waals surface area contributed by atoms with E-state index < -0.39 is 50.7 Å². The van der Waals surface area contributed by atoms with Crippen LogP contribution in [0.1, 0.15) is 16.2 Å². The highest BCUT2D eigenvalue weighted by molar-refractivity contribution is 7.93. The van der Waals surface area contributed by atoms with Gasteiger partial charge in [0.2, 0.25) is 5.82 Å². The second-order valence-corrected chi connectivity index (χ2v) is 7.97. The lowest BCUT2D eigenvalue weighted by atomic mass is 10.1. The van der Waals surface area contributed by atoms with Gasteiger partial charge >= 0.3 is 12.1 Å². The lowest BCUT2D eigenvalue weighted by Crippen LogP contribution is -2.07. The van der Waals surface area contributed by atoms with Crippen molar-refractivity contribution in [3.8, 4) is 11.4 Å². The molecule has 0 aliphatic heterocycles. The average Bonchev–Trinajstić information content (AvgIpc) is 3.12. The van der Waals surface area contributed by atoms with Crippen LogP contribution in [0, 0.1) is 11.6 Å². The van der Waals surface area contributed by atoms with Gasteiger partial charge in [-0.25, -0.2) is 13.0 Å². The molecule has 3 aromatic rings. The Morgan fingerprint density at radius 3 is 2.38 bits per heavy atom. The van der Waals surface area contributed by atoms with E-state index in [0.29, 0.717) is 6.07 Å². The Hall–Kier alpha value is -3.15. The third-order valence-corrected chi connectivity index (χ3v) is 5.29. The highest BCUT2D eigenvalue weighted by Crippen LogP contribution is 2.30. The van der Waals surface area contributed by atoms with Crippen molar-refractivity contribution < 1.29 is 35.5 Å². The van der Waals surface area contributed by atoms with E-state index in [1.54, 1.807) is 0 Å². The maximum Gasteiger partial charge on any atom is 0.471 e. The molecule has 6 nitrogen and oxygen atoms in total. The number of hydrogen-bond acceptors (Lipinski definition) is 5. The second kappa shape index (κ2) is 7.35. The monoisotopic (exact) mass is 431 g/mol. The summed E-state index contributed by atoms with van der Waals surface area (Å²) >= 11 is 0. The minimum absolute atomic E-state index is 0.190. The summed E-state index contributed by atoms with van der Waals surface area (Å²) in [6.07, 6.45) is -3.85. The van der Waals surface area contributed by atoms with Gasteiger partial charge < -0.3 is 4.52 Å². The maximum atomic E-state index is 14.3. The number of halogens is 5. The van der Waals surface area contributed by atoms with Crippen LogP contribution < -0.4 is 0 Å². The summed E-state index contributed by atoms with van der Waals surface area (Å²) in [5, 5.41) is 3.11. The van der Waals surface area contributed by atoms with Crippen LogP contribution in [0.3, 0.4) is 0 Å². The normalized spacial score (nSPS) is 13.7. The number of benzene rings is 2. The summed E-state index contributed by atoms with van der Waals surface area (Å²) in [5.41, 5.74) is -0.802. The molecule has 0 fully saturated rings. The first kappa shape index (κ1) is 20.6. The first-order chi connectivity index (χ1) is 13.5. The third-order valence-electron chi connectivity index (χ3n) is 3.63. The number of amides is 1. The fourth-order valence-electron chi connectivity index (χ4n) is 2.29. The van der Waals surface area contributed by atoms with Crippen LogP contribution in [0.5, 0.6) is 0 Å². The Kier molecular flexibility index (Phi) is 5.22. The molecule has 152 valence electrons. The van der Waals surface area contributed by atoms with Crippen LogP contribution in [0.25, 0.3) is 11.4 Å². The van der Waals surface area contributed by atoms with Crippen molar-refractivity contribution in [3.05, 3.63) is 65.6 Å². The molecule has 1 heterocycles. The molecule has 0 radical (unpaired) electrons. The van der Waals surface area contributed by atoms with Gasteiger partial charge in [-0.2, -0.15) is 22.5 Å². The average molecular weight is 431 g/mol. The van der Waals surface area contributed by atoms with Gasteiger partial charge in [0.15, 0.2) is 0 Å². The van der Waals surface area contributed by atoms with Crippen LogP contribution in [-0.4, -0.2) is 26.5 Å². The number of carbonyl (C=O) groups is 1. The van der Waals surface area contributed by atoms with Crippen molar-refractivity contribution >= 4 is 15.6 Å². The first-order valence-corrected chi connectivity index (χ1v) is 9.63. The molecule has 0 aliphatic rings. The van der Waals surface area contributed by atoms with E-state index >= 15 is 0 Å². The molecule has 1 amide bonds. The summed E-state index contributed by atoms with van der Waals surface area (Å²) in [4.78, 5) is 15.0. The van der Waals surface area contributed by atoms with Gasteiger partial charge in [-0.15, -0.1) is 0 Å². The molecule has 0 N–H and O–H groups in total. The van der Waals surface area contributed by atoms with Gasteiger partial charge in [-0.3, -0.25) is 4.79 Å². The summed E-state index contributed by atoms with van der Waals surface area (Å²) in [6, 6.07) is 7.66. The van der Waals surface area contributed by atoms with Gasteiger partial charge in [0.1, 0.15) is 11.6 Å². The summed E-state index contributed by atoms with van der Waals surface area (Å²) < 4.78 is 85.8. The fourth-order valence-corrected chi connectivity index (χ4v) is 3.57. The Labute approximate surface area is 160 Å². The number of hydrogen-bond donors (Lipinski definition) is 0. The number of aromatic nitrogens is 2. The van der Waals surface area contributed by atoms with Crippen LogP contribution >= 0.6 is 0 Å². The number of carbonyl (C=O) groups excluding carboxylic acids is 1. The van der Waals surface area contributed by atoms with Crippen LogP contribution in [0.2, 0.25) is 0 Å². The highest BCUT2D eigenvalue weighted by atomic mass is 32.2. The minimum Gasteiger partial charge on any atom is -0.329 e. The van der Waals surface area contributed by atoms with Crippen molar-refractivity contribution in [1.82, 2.24) is 10.1 Å². The molecule has 0 spiro atoms. The smallest absolute Gasteiger partial charge is 0.329 e. The topological polar surface area (TPSA) is 85.4 Å². The number of rotatable bonds is 3. The van der Waals surface area contributed by atoms with Crippen LogP contribution in [0.15, 0.2) is 56.2 Å². The van der Waals surface area contributed by atoms with Gasteiger partial charge in [0.25, 0.3) is 5.91 Å². The lowest BCUT2D eigenvalue weighted by Gasteiger charge is -2.06.